The number of alkyl halides is 1. The van der Waals surface area contributed by atoms with E-state index in [-0.39, 0.29) is 0 Å². The molecule has 0 heterocycles. The predicted octanol–water partition coefficient (Wildman–Crippen LogP) is 0.571. The van der Waals surface area contributed by atoms with Crippen LogP contribution in [-0.4, -0.2) is 5.91 Å². The molecule has 0 aromatic carbocycles. The molecule has 2 atom stereocenters. The summed E-state index contributed by atoms with van der Waals surface area (Å²) in [5, 5.41) is 0. The minimum Gasteiger partial charge on any atom is -0.593 e. The average Bonchev–Trinajstić information content (AvgIpc) is 1.65. The lowest BCUT2D eigenvalue weighted by Gasteiger charge is -1.84. The third kappa shape index (κ3) is 2.43. The van der Waals surface area contributed by atoms with Crippen LogP contribution in [0.25, 0.3) is 0 Å². The van der Waals surface area contributed by atoms with Crippen LogP contribution in [0.4, 0.5) is 4.39 Å². The first kappa shape index (κ1) is 6.73. The summed E-state index contributed by atoms with van der Waals surface area (Å²) in [6.45, 7) is 2.92. The molecule has 0 saturated heterocycles. The van der Waals surface area contributed by atoms with E-state index in [4.69, 9.17) is 0 Å². The van der Waals surface area contributed by atoms with Gasteiger partial charge in [-0.2, -0.15) is 4.39 Å². The largest absolute Gasteiger partial charge is 0.593 e. The van der Waals surface area contributed by atoms with Gasteiger partial charge in [-0.3, -0.25) is 0 Å². The summed E-state index contributed by atoms with van der Waals surface area (Å²) in [6.07, 6.45) is 0.728. The molecule has 0 saturated carbocycles. The number of halogens is 1. The number of allylic oxidation sites excluding steroid dienone is 1. The fourth-order valence-electron chi connectivity index (χ4n) is 0.0861. The third-order valence-electron chi connectivity index (χ3n) is 0.396. The zero-order chi connectivity index (χ0) is 5.86. The van der Waals surface area contributed by atoms with Crippen molar-refractivity contribution >= 4 is 8.03 Å². The van der Waals surface area contributed by atoms with Gasteiger partial charge in [0.1, 0.15) is 0 Å². The molecule has 0 N–H and O–H groups in total. The molecule has 2 unspecified atom stereocenters. The van der Waals surface area contributed by atoms with E-state index in [0.717, 1.165) is 6.08 Å². The molecule has 0 amide bonds. The average molecular weight is 122 g/mol. The summed E-state index contributed by atoms with van der Waals surface area (Å²) >= 11 is 0. The Hall–Kier alpha value is -0.270. The Morgan fingerprint density at radius 1 is 2.00 bits per heavy atom. The summed E-state index contributed by atoms with van der Waals surface area (Å²) in [4.78, 5) is 9.52. The Morgan fingerprint density at radius 3 is 2.43 bits per heavy atom. The zero-order valence-corrected chi connectivity index (χ0v) is 4.40. The molecule has 0 aliphatic rings. The fourth-order valence-corrected chi connectivity index (χ4v) is 0.258. The first-order chi connectivity index (χ1) is 3.18. The normalized spacial score (nSPS) is 15.4. The Morgan fingerprint density at radius 2 is 2.43 bits per heavy atom. The van der Waals surface area contributed by atoms with Crippen LogP contribution in [0.1, 0.15) is 0 Å². The molecular formula is C3H4FO2P. The van der Waals surface area contributed by atoms with Gasteiger partial charge in [-0.25, -0.2) is 0 Å². The van der Waals surface area contributed by atoms with Crippen molar-refractivity contribution in [2.45, 2.75) is 5.91 Å². The van der Waals surface area contributed by atoms with Crippen molar-refractivity contribution in [3.63, 3.8) is 0 Å². The molecule has 0 aromatic heterocycles. The molecule has 0 fully saturated rings. The SMILES string of the molecule is C=CC(F)[P+](=O)[O-]. The van der Waals surface area contributed by atoms with Crippen LogP contribution < -0.4 is 4.89 Å². The Bertz CT molecular complexity index is 92.9. The second-order valence-electron chi connectivity index (χ2n) is 0.894. The van der Waals surface area contributed by atoms with Crippen molar-refractivity contribution in [1.29, 1.82) is 0 Å². The quantitative estimate of drug-likeness (QED) is 0.396. The maximum atomic E-state index is 11.5. The lowest BCUT2D eigenvalue weighted by atomic mass is 10.7. The van der Waals surface area contributed by atoms with Gasteiger partial charge >= 0.3 is 13.9 Å². The molecule has 0 rings (SSSR count). The molecule has 40 valence electrons. The van der Waals surface area contributed by atoms with Gasteiger partial charge in [0.25, 0.3) is 0 Å². The lowest BCUT2D eigenvalue weighted by Crippen LogP contribution is -1.96. The van der Waals surface area contributed by atoms with Gasteiger partial charge in [0.15, 0.2) is 0 Å². The summed E-state index contributed by atoms with van der Waals surface area (Å²) in [5.74, 6) is -1.88. The van der Waals surface area contributed by atoms with E-state index in [1.165, 1.54) is 0 Å². The minimum absolute atomic E-state index is 0.728. The van der Waals surface area contributed by atoms with Gasteiger partial charge in [0, 0.05) is 0 Å². The smallest absolute Gasteiger partial charge is 0.350 e. The molecule has 0 aromatic rings. The van der Waals surface area contributed by atoms with E-state index in [9.17, 15) is 13.8 Å². The highest BCUT2D eigenvalue weighted by Gasteiger charge is 2.12. The van der Waals surface area contributed by atoms with Crippen LogP contribution in [0.3, 0.4) is 0 Å². The summed E-state index contributed by atoms with van der Waals surface area (Å²) < 4.78 is 21.1. The first-order valence-corrected chi connectivity index (χ1v) is 2.83. The molecule has 0 spiro atoms. The molecule has 7 heavy (non-hydrogen) atoms. The maximum absolute atomic E-state index is 11.5. The van der Waals surface area contributed by atoms with Crippen molar-refractivity contribution in [2.24, 2.45) is 0 Å². The molecule has 0 radical (unpaired) electrons. The van der Waals surface area contributed by atoms with E-state index in [0.29, 0.717) is 0 Å². The van der Waals surface area contributed by atoms with Crippen LogP contribution in [0.2, 0.25) is 0 Å². The van der Waals surface area contributed by atoms with Crippen molar-refractivity contribution in [3.05, 3.63) is 12.7 Å². The molecule has 0 aliphatic heterocycles. The van der Waals surface area contributed by atoms with Gasteiger partial charge in [-0.1, -0.05) is 11.1 Å². The van der Waals surface area contributed by atoms with Crippen molar-refractivity contribution < 1.29 is 13.8 Å². The predicted molar refractivity (Wildman–Crippen MR) is 22.7 cm³/mol. The van der Waals surface area contributed by atoms with Crippen LogP contribution in [0.15, 0.2) is 12.7 Å². The van der Waals surface area contributed by atoms with E-state index < -0.39 is 13.9 Å². The van der Waals surface area contributed by atoms with Crippen molar-refractivity contribution in [3.8, 4) is 0 Å². The van der Waals surface area contributed by atoms with Gasteiger partial charge in [-0.15, -0.1) is 0 Å². The highest BCUT2D eigenvalue weighted by molar-refractivity contribution is 7.37. The van der Waals surface area contributed by atoms with Gasteiger partial charge in [0.2, 0.25) is 0 Å². The topological polar surface area (TPSA) is 40.1 Å². The molecule has 2 nitrogen and oxygen atoms in total. The van der Waals surface area contributed by atoms with Gasteiger partial charge < -0.3 is 4.89 Å². The highest BCUT2D eigenvalue weighted by Crippen LogP contribution is 2.18. The van der Waals surface area contributed by atoms with Crippen LogP contribution in [0, 0.1) is 0 Å². The second-order valence-corrected chi connectivity index (χ2v) is 1.96. The lowest BCUT2D eigenvalue weighted by molar-refractivity contribution is -0.168. The number of hydrogen-bond donors (Lipinski definition) is 0. The summed E-state index contributed by atoms with van der Waals surface area (Å²) in [7, 11) is -2.95. The van der Waals surface area contributed by atoms with Crippen molar-refractivity contribution in [2.75, 3.05) is 0 Å². The maximum Gasteiger partial charge on any atom is 0.350 e. The Kier molecular flexibility index (Phi) is 2.72. The zero-order valence-electron chi connectivity index (χ0n) is 3.50. The fraction of sp³-hybridized carbons (Fsp3) is 0.333. The Labute approximate surface area is 41.5 Å². The monoisotopic (exact) mass is 122 g/mol. The molecular weight excluding hydrogens is 118 g/mol. The van der Waals surface area contributed by atoms with E-state index in [1.54, 1.807) is 0 Å². The Balaban J connectivity index is 3.55. The molecule has 4 heteroatoms. The van der Waals surface area contributed by atoms with Crippen LogP contribution >= 0.6 is 8.03 Å². The summed E-state index contributed by atoms with van der Waals surface area (Å²) in [6, 6.07) is 0. The standard InChI is InChI=1S/C3H4FO2P/c1-2-3(4)7(5)6/h2-3H,1H2. The number of hydrogen-bond acceptors (Lipinski definition) is 2. The summed E-state index contributed by atoms with van der Waals surface area (Å²) in [5.41, 5.74) is 0. The second kappa shape index (κ2) is 2.83. The third-order valence-corrected chi connectivity index (χ3v) is 1.01. The molecule has 0 bridgehead atoms. The van der Waals surface area contributed by atoms with Crippen LogP contribution in [-0.2, 0) is 4.57 Å². The highest BCUT2D eigenvalue weighted by atomic mass is 31.1. The van der Waals surface area contributed by atoms with E-state index in [1.807, 2.05) is 0 Å². The number of rotatable bonds is 2. The van der Waals surface area contributed by atoms with Gasteiger partial charge in [0.05, 0.1) is 0 Å². The van der Waals surface area contributed by atoms with Crippen molar-refractivity contribution in [1.82, 2.24) is 0 Å². The van der Waals surface area contributed by atoms with E-state index in [2.05, 4.69) is 6.58 Å². The first-order valence-electron chi connectivity index (χ1n) is 1.58. The van der Waals surface area contributed by atoms with Crippen LogP contribution in [0.5, 0.6) is 0 Å². The molecule has 0 aliphatic carbocycles. The van der Waals surface area contributed by atoms with E-state index >= 15 is 0 Å². The minimum atomic E-state index is -2.95. The van der Waals surface area contributed by atoms with Gasteiger partial charge in [-0.05, 0) is 6.08 Å².